The van der Waals surface area contributed by atoms with Crippen LogP contribution in [0.15, 0.2) is 18.5 Å². The van der Waals surface area contributed by atoms with Crippen molar-refractivity contribution in [3.8, 4) is 0 Å². The van der Waals surface area contributed by atoms with Crippen LogP contribution in [0.3, 0.4) is 0 Å². The number of carboxylic acids is 1. The van der Waals surface area contributed by atoms with E-state index in [0.717, 1.165) is 18.4 Å². The van der Waals surface area contributed by atoms with E-state index in [4.69, 9.17) is 5.11 Å². The molecule has 0 amide bonds. The molecule has 0 unspecified atom stereocenters. The summed E-state index contributed by atoms with van der Waals surface area (Å²) in [6.07, 6.45) is 5.82. The fraction of sp³-hybridized carbons (Fsp3) is 0.500. The highest BCUT2D eigenvalue weighted by molar-refractivity contribution is 5.69. The van der Waals surface area contributed by atoms with Gasteiger partial charge >= 0.3 is 5.97 Å². The van der Waals surface area contributed by atoms with Gasteiger partial charge in [-0.25, -0.2) is 0 Å². The average molecular weight is 220 g/mol. The highest BCUT2D eigenvalue weighted by Gasteiger charge is 2.30. The maximum absolute atomic E-state index is 10.8. The maximum Gasteiger partial charge on any atom is 0.317 e. The highest BCUT2D eigenvalue weighted by Crippen LogP contribution is 2.28. The Morgan fingerprint density at radius 1 is 1.62 bits per heavy atom. The first-order valence-corrected chi connectivity index (χ1v) is 5.52. The maximum atomic E-state index is 10.8. The van der Waals surface area contributed by atoms with Gasteiger partial charge in [0.2, 0.25) is 0 Å². The topological polar surface area (TPSA) is 53.4 Å². The third-order valence-corrected chi connectivity index (χ3v) is 2.92. The molecule has 1 aliphatic rings. The van der Waals surface area contributed by atoms with Gasteiger partial charge in [-0.2, -0.15) is 0 Å². The summed E-state index contributed by atoms with van der Waals surface area (Å²) in [5, 5.41) is 8.85. The molecule has 0 spiro atoms. The number of hydrogen-bond acceptors (Lipinski definition) is 3. The van der Waals surface area contributed by atoms with Crippen LogP contribution in [0.4, 0.5) is 0 Å². The van der Waals surface area contributed by atoms with E-state index >= 15 is 0 Å². The van der Waals surface area contributed by atoms with Gasteiger partial charge in [0.25, 0.3) is 0 Å². The molecule has 1 fully saturated rings. The Labute approximate surface area is 94.9 Å². The molecule has 1 aromatic rings. The molecule has 1 N–H and O–H groups in total. The summed E-state index contributed by atoms with van der Waals surface area (Å²) >= 11 is 0. The van der Waals surface area contributed by atoms with E-state index < -0.39 is 5.97 Å². The second kappa shape index (κ2) is 4.61. The highest BCUT2D eigenvalue weighted by atomic mass is 16.4. The van der Waals surface area contributed by atoms with Crippen molar-refractivity contribution in [2.24, 2.45) is 0 Å². The summed E-state index contributed by atoms with van der Waals surface area (Å²) in [6, 6.07) is 2.41. The van der Waals surface area contributed by atoms with Crippen LogP contribution >= 0.6 is 0 Å². The van der Waals surface area contributed by atoms with Crippen LogP contribution in [-0.2, 0) is 11.3 Å². The zero-order valence-electron chi connectivity index (χ0n) is 9.39. The molecule has 0 aliphatic heterocycles. The van der Waals surface area contributed by atoms with Gasteiger partial charge in [0.05, 0.1) is 6.54 Å². The molecule has 86 valence electrons. The molecule has 1 aromatic heterocycles. The Balaban J connectivity index is 2.05. The average Bonchev–Trinajstić information content (AvgIpc) is 3.03. The van der Waals surface area contributed by atoms with Gasteiger partial charge in [0, 0.05) is 25.0 Å². The first-order valence-electron chi connectivity index (χ1n) is 5.52. The van der Waals surface area contributed by atoms with Crippen molar-refractivity contribution in [1.29, 1.82) is 0 Å². The molecular weight excluding hydrogens is 204 g/mol. The fourth-order valence-electron chi connectivity index (χ4n) is 1.81. The smallest absolute Gasteiger partial charge is 0.317 e. The lowest BCUT2D eigenvalue weighted by molar-refractivity contribution is -0.138. The lowest BCUT2D eigenvalue weighted by atomic mass is 10.1. The molecular formula is C12H16N2O2. The first-order chi connectivity index (χ1) is 7.66. The van der Waals surface area contributed by atoms with E-state index in [-0.39, 0.29) is 6.54 Å². The largest absolute Gasteiger partial charge is 0.480 e. The number of carbonyl (C=O) groups is 1. The summed E-state index contributed by atoms with van der Waals surface area (Å²) in [7, 11) is 0. The number of hydrogen-bond donors (Lipinski definition) is 1. The van der Waals surface area contributed by atoms with Gasteiger partial charge in [-0.1, -0.05) is 0 Å². The number of pyridine rings is 1. The Morgan fingerprint density at radius 3 is 2.94 bits per heavy atom. The molecule has 1 aliphatic carbocycles. The Morgan fingerprint density at radius 2 is 2.38 bits per heavy atom. The van der Waals surface area contributed by atoms with Gasteiger partial charge in [-0.05, 0) is 37.0 Å². The molecule has 4 heteroatoms. The Hall–Kier alpha value is -1.42. The summed E-state index contributed by atoms with van der Waals surface area (Å²) in [6.45, 7) is 2.85. The zero-order valence-corrected chi connectivity index (χ0v) is 9.39. The Kier molecular flexibility index (Phi) is 3.19. The predicted octanol–water partition coefficient (Wildman–Crippen LogP) is 1.44. The van der Waals surface area contributed by atoms with E-state index in [1.807, 2.05) is 24.1 Å². The number of aromatic nitrogens is 1. The number of rotatable bonds is 5. The monoisotopic (exact) mass is 220 g/mol. The molecule has 4 nitrogen and oxygen atoms in total. The van der Waals surface area contributed by atoms with Gasteiger partial charge in [0.1, 0.15) is 0 Å². The van der Waals surface area contributed by atoms with Crippen LogP contribution in [0.2, 0.25) is 0 Å². The second-order valence-corrected chi connectivity index (χ2v) is 4.33. The van der Waals surface area contributed by atoms with Gasteiger partial charge in [-0.3, -0.25) is 14.7 Å². The van der Waals surface area contributed by atoms with Crippen LogP contribution in [0, 0.1) is 6.92 Å². The molecule has 2 rings (SSSR count). The third-order valence-electron chi connectivity index (χ3n) is 2.92. The van der Waals surface area contributed by atoms with Crippen LogP contribution in [0.25, 0.3) is 0 Å². The van der Waals surface area contributed by atoms with Gasteiger partial charge in [-0.15, -0.1) is 0 Å². The molecule has 1 saturated carbocycles. The second-order valence-electron chi connectivity index (χ2n) is 4.33. The molecule has 0 bridgehead atoms. The van der Waals surface area contributed by atoms with E-state index in [0.29, 0.717) is 12.6 Å². The summed E-state index contributed by atoms with van der Waals surface area (Å²) in [5.74, 6) is -0.756. The van der Waals surface area contributed by atoms with Crippen LogP contribution in [0.5, 0.6) is 0 Å². The lowest BCUT2D eigenvalue weighted by Crippen LogP contribution is -2.31. The molecule has 0 atom stereocenters. The minimum atomic E-state index is -0.756. The van der Waals surface area contributed by atoms with Crippen molar-refractivity contribution in [3.05, 3.63) is 29.6 Å². The van der Waals surface area contributed by atoms with Crippen molar-refractivity contribution in [2.75, 3.05) is 6.54 Å². The fourth-order valence-corrected chi connectivity index (χ4v) is 1.81. The summed E-state index contributed by atoms with van der Waals surface area (Å²) in [5.41, 5.74) is 2.29. The summed E-state index contributed by atoms with van der Waals surface area (Å²) < 4.78 is 0. The molecule has 1 heterocycles. The number of nitrogens with zero attached hydrogens (tertiary/aromatic N) is 2. The number of aliphatic carboxylic acids is 1. The quantitative estimate of drug-likeness (QED) is 0.815. The standard InChI is InChI=1S/C12H16N2O2/c1-9-4-5-13-6-10(9)7-14(8-12(15)16)11-2-3-11/h4-6,11H,2-3,7-8H2,1H3,(H,15,16). The van der Waals surface area contributed by atoms with E-state index in [2.05, 4.69) is 4.98 Å². The predicted molar refractivity (Wildman–Crippen MR) is 60.0 cm³/mol. The first kappa shape index (κ1) is 11.1. The minimum absolute atomic E-state index is 0.124. The summed E-state index contributed by atoms with van der Waals surface area (Å²) in [4.78, 5) is 16.9. The van der Waals surface area contributed by atoms with E-state index in [1.165, 1.54) is 5.56 Å². The zero-order chi connectivity index (χ0) is 11.5. The third kappa shape index (κ3) is 2.79. The molecule has 0 saturated heterocycles. The van der Waals surface area contributed by atoms with Crippen LogP contribution in [0.1, 0.15) is 24.0 Å². The van der Waals surface area contributed by atoms with Crippen molar-refractivity contribution in [3.63, 3.8) is 0 Å². The van der Waals surface area contributed by atoms with Crippen molar-refractivity contribution < 1.29 is 9.90 Å². The Bertz CT molecular complexity index is 388. The molecule has 0 aromatic carbocycles. The van der Waals surface area contributed by atoms with E-state index in [9.17, 15) is 4.79 Å². The van der Waals surface area contributed by atoms with Crippen molar-refractivity contribution in [2.45, 2.75) is 32.4 Å². The van der Waals surface area contributed by atoms with Gasteiger partial charge < -0.3 is 5.11 Å². The van der Waals surface area contributed by atoms with Crippen molar-refractivity contribution >= 4 is 5.97 Å². The SMILES string of the molecule is Cc1ccncc1CN(CC(=O)O)C1CC1. The molecule has 16 heavy (non-hydrogen) atoms. The van der Waals surface area contributed by atoms with Crippen LogP contribution in [-0.4, -0.2) is 33.5 Å². The van der Waals surface area contributed by atoms with E-state index in [1.54, 1.807) is 6.20 Å². The normalized spacial score (nSPS) is 15.4. The minimum Gasteiger partial charge on any atom is -0.480 e. The van der Waals surface area contributed by atoms with Gasteiger partial charge in [0.15, 0.2) is 0 Å². The number of aryl methyl sites for hydroxylation is 1. The molecule has 0 radical (unpaired) electrons. The van der Waals surface area contributed by atoms with Crippen LogP contribution < -0.4 is 0 Å². The lowest BCUT2D eigenvalue weighted by Gasteiger charge is -2.20. The van der Waals surface area contributed by atoms with Crippen molar-refractivity contribution in [1.82, 2.24) is 9.88 Å². The number of carboxylic acid groups (broad SMARTS) is 1.